The first-order valence-corrected chi connectivity index (χ1v) is 9.44. The first-order chi connectivity index (χ1) is 12.6. The van der Waals surface area contributed by atoms with Gasteiger partial charge in [-0.25, -0.2) is 4.98 Å². The van der Waals surface area contributed by atoms with E-state index < -0.39 is 0 Å². The number of aromatic nitrogens is 2. The van der Waals surface area contributed by atoms with Crippen LogP contribution in [0.4, 0.5) is 16.5 Å². The van der Waals surface area contributed by atoms with Crippen molar-refractivity contribution in [1.29, 1.82) is 0 Å². The fraction of sp³-hybridized carbons (Fsp3) is 0.333. The lowest BCUT2D eigenvalue weighted by atomic mass is 10.0. The van der Waals surface area contributed by atoms with Gasteiger partial charge in [0.15, 0.2) is 5.13 Å². The first kappa shape index (κ1) is 16.7. The predicted octanol–water partition coefficient (Wildman–Crippen LogP) is 3.99. The molecule has 3 aromatic rings. The summed E-state index contributed by atoms with van der Waals surface area (Å²) in [5.74, 6) is 0. The Kier molecular flexibility index (Phi) is 4.42. The Morgan fingerprint density at radius 1 is 1.27 bits per heavy atom. The fourth-order valence-electron chi connectivity index (χ4n) is 3.45. The molecular formula is C18H19N5O2S. The van der Waals surface area contributed by atoms with Crippen LogP contribution in [0.25, 0.3) is 10.8 Å². The van der Waals surface area contributed by atoms with E-state index in [1.54, 1.807) is 29.8 Å². The topological polar surface area (TPSA) is 84.2 Å². The zero-order valence-corrected chi connectivity index (χ0v) is 15.2. The van der Waals surface area contributed by atoms with E-state index in [4.69, 9.17) is 0 Å². The van der Waals surface area contributed by atoms with E-state index in [0.29, 0.717) is 11.4 Å². The Morgan fingerprint density at radius 3 is 2.77 bits per heavy atom. The molecule has 0 spiro atoms. The Bertz CT molecular complexity index is 950. The van der Waals surface area contributed by atoms with Crippen LogP contribution in [-0.4, -0.2) is 34.0 Å². The summed E-state index contributed by atoms with van der Waals surface area (Å²) in [5, 5.41) is 19.3. The Morgan fingerprint density at radius 2 is 2.08 bits per heavy atom. The molecule has 26 heavy (non-hydrogen) atoms. The van der Waals surface area contributed by atoms with Gasteiger partial charge in [0.25, 0.3) is 5.69 Å². The number of non-ortho nitro benzene ring substituents is 1. The number of anilines is 2. The van der Waals surface area contributed by atoms with Crippen molar-refractivity contribution in [3.63, 3.8) is 0 Å². The predicted molar refractivity (Wildman–Crippen MR) is 104 cm³/mol. The number of nitrogens with zero attached hydrogens (tertiary/aromatic N) is 4. The van der Waals surface area contributed by atoms with Gasteiger partial charge in [-0.1, -0.05) is 0 Å². The molecule has 1 aromatic carbocycles. The number of fused-ring (bicyclic) bond motifs is 1. The number of hydrogen-bond donors (Lipinski definition) is 1. The number of benzene rings is 1. The van der Waals surface area contributed by atoms with Crippen LogP contribution in [0.3, 0.4) is 0 Å². The Hall–Kier alpha value is -2.74. The molecule has 1 N–H and O–H groups in total. The van der Waals surface area contributed by atoms with E-state index in [1.807, 2.05) is 19.1 Å². The highest BCUT2D eigenvalue weighted by Crippen LogP contribution is 2.34. The van der Waals surface area contributed by atoms with Gasteiger partial charge in [0.2, 0.25) is 0 Å². The zero-order valence-electron chi connectivity index (χ0n) is 14.4. The van der Waals surface area contributed by atoms with Crippen molar-refractivity contribution < 1.29 is 4.92 Å². The minimum Gasteiger partial charge on any atom is -0.371 e. The van der Waals surface area contributed by atoms with Crippen molar-refractivity contribution in [1.82, 2.24) is 9.97 Å². The molecule has 4 rings (SSSR count). The Labute approximate surface area is 154 Å². The van der Waals surface area contributed by atoms with Crippen LogP contribution >= 0.6 is 11.3 Å². The second-order valence-electron chi connectivity index (χ2n) is 6.48. The number of hydrogen-bond acceptors (Lipinski definition) is 7. The van der Waals surface area contributed by atoms with Gasteiger partial charge in [-0.3, -0.25) is 15.1 Å². The highest BCUT2D eigenvalue weighted by Gasteiger charge is 2.23. The lowest BCUT2D eigenvalue weighted by Crippen LogP contribution is -2.39. The summed E-state index contributed by atoms with van der Waals surface area (Å²) in [6.45, 7) is 3.80. The lowest BCUT2D eigenvalue weighted by molar-refractivity contribution is -0.383. The summed E-state index contributed by atoms with van der Waals surface area (Å²) in [6.07, 6.45) is 5.27. The molecule has 134 valence electrons. The van der Waals surface area contributed by atoms with Crippen molar-refractivity contribution in [3.05, 3.63) is 51.8 Å². The van der Waals surface area contributed by atoms with Crippen LogP contribution in [0, 0.1) is 17.0 Å². The molecule has 0 amide bonds. The van der Waals surface area contributed by atoms with Crippen molar-refractivity contribution in [2.24, 2.45) is 0 Å². The second kappa shape index (κ2) is 6.87. The smallest absolute Gasteiger partial charge is 0.278 e. The third-order valence-corrected chi connectivity index (χ3v) is 5.64. The summed E-state index contributed by atoms with van der Waals surface area (Å²) < 4.78 is 0. The molecule has 0 saturated carbocycles. The van der Waals surface area contributed by atoms with Crippen molar-refractivity contribution in [2.75, 3.05) is 23.3 Å². The molecule has 0 unspecified atom stereocenters. The molecule has 2 aromatic heterocycles. The van der Waals surface area contributed by atoms with Gasteiger partial charge in [0.05, 0.1) is 16.0 Å². The van der Waals surface area contributed by atoms with Crippen molar-refractivity contribution in [2.45, 2.75) is 25.8 Å². The third-order valence-electron chi connectivity index (χ3n) is 4.75. The number of piperidine rings is 1. The Balaban J connectivity index is 1.53. The molecule has 7 nitrogen and oxygen atoms in total. The SMILES string of the molecule is Cc1csc(NC2CCN(c3ccc([N+](=O)[O-])c4cnccc34)CC2)n1. The van der Waals surface area contributed by atoms with Crippen LogP contribution in [0.2, 0.25) is 0 Å². The van der Waals surface area contributed by atoms with Gasteiger partial charge in [-0.15, -0.1) is 11.3 Å². The van der Waals surface area contributed by atoms with E-state index in [2.05, 4.69) is 25.6 Å². The summed E-state index contributed by atoms with van der Waals surface area (Å²) in [7, 11) is 0. The molecule has 0 radical (unpaired) electrons. The number of pyridine rings is 1. The van der Waals surface area contributed by atoms with E-state index in [-0.39, 0.29) is 10.6 Å². The molecule has 0 aliphatic carbocycles. The maximum atomic E-state index is 11.3. The minimum atomic E-state index is -0.347. The van der Waals surface area contributed by atoms with Crippen LogP contribution in [0.15, 0.2) is 36.0 Å². The van der Waals surface area contributed by atoms with Gasteiger partial charge >= 0.3 is 0 Å². The summed E-state index contributed by atoms with van der Waals surface area (Å²) in [6, 6.07) is 5.71. The molecule has 0 atom stereocenters. The minimum absolute atomic E-state index is 0.104. The largest absolute Gasteiger partial charge is 0.371 e. The average molecular weight is 369 g/mol. The number of aryl methyl sites for hydroxylation is 1. The third kappa shape index (κ3) is 3.20. The number of nitro groups is 1. The van der Waals surface area contributed by atoms with Crippen LogP contribution in [-0.2, 0) is 0 Å². The maximum absolute atomic E-state index is 11.3. The quantitative estimate of drug-likeness (QED) is 0.553. The van der Waals surface area contributed by atoms with Crippen LogP contribution < -0.4 is 10.2 Å². The molecule has 0 bridgehead atoms. The standard InChI is InChI=1S/C18H19N5O2S/c1-12-11-26-18(20-12)21-13-5-8-22(9-6-13)16-2-3-17(23(24)25)15-10-19-7-4-14(15)16/h2-4,7,10-11,13H,5-6,8-9H2,1H3,(H,20,21). The first-order valence-electron chi connectivity index (χ1n) is 8.56. The summed E-state index contributed by atoms with van der Waals surface area (Å²) >= 11 is 1.64. The van der Waals surface area contributed by atoms with Gasteiger partial charge in [-0.05, 0) is 31.9 Å². The van der Waals surface area contributed by atoms with Gasteiger partial charge in [0.1, 0.15) is 0 Å². The lowest BCUT2D eigenvalue weighted by Gasteiger charge is -2.34. The second-order valence-corrected chi connectivity index (χ2v) is 7.34. The highest BCUT2D eigenvalue weighted by atomic mass is 32.1. The monoisotopic (exact) mass is 369 g/mol. The van der Waals surface area contributed by atoms with Crippen LogP contribution in [0.1, 0.15) is 18.5 Å². The fourth-order valence-corrected chi connectivity index (χ4v) is 4.22. The molecule has 3 heterocycles. The van der Waals surface area contributed by atoms with Gasteiger partial charge in [-0.2, -0.15) is 0 Å². The number of rotatable bonds is 4. The summed E-state index contributed by atoms with van der Waals surface area (Å²) in [5.41, 5.74) is 2.19. The molecule has 8 heteroatoms. The normalized spacial score (nSPS) is 15.3. The molecular weight excluding hydrogens is 350 g/mol. The average Bonchev–Trinajstić information content (AvgIpc) is 3.06. The molecule has 1 saturated heterocycles. The van der Waals surface area contributed by atoms with Gasteiger partial charge in [0, 0.05) is 54.0 Å². The van der Waals surface area contributed by atoms with E-state index in [0.717, 1.165) is 47.8 Å². The zero-order chi connectivity index (χ0) is 18.1. The van der Waals surface area contributed by atoms with Crippen molar-refractivity contribution >= 4 is 38.6 Å². The van der Waals surface area contributed by atoms with Crippen LogP contribution in [0.5, 0.6) is 0 Å². The number of thiazole rings is 1. The molecule has 1 fully saturated rings. The summed E-state index contributed by atoms with van der Waals surface area (Å²) in [4.78, 5) is 21.8. The van der Waals surface area contributed by atoms with Crippen molar-refractivity contribution in [3.8, 4) is 0 Å². The molecule has 1 aliphatic heterocycles. The van der Waals surface area contributed by atoms with Gasteiger partial charge < -0.3 is 10.2 Å². The van der Waals surface area contributed by atoms with E-state index in [1.165, 1.54) is 0 Å². The van der Waals surface area contributed by atoms with E-state index in [9.17, 15) is 10.1 Å². The van der Waals surface area contributed by atoms with E-state index >= 15 is 0 Å². The number of nitro benzene ring substituents is 1. The number of nitrogens with one attached hydrogen (secondary N) is 1. The maximum Gasteiger partial charge on any atom is 0.278 e. The highest BCUT2D eigenvalue weighted by molar-refractivity contribution is 7.13. The molecule has 1 aliphatic rings.